The summed E-state index contributed by atoms with van der Waals surface area (Å²) >= 11 is 0. The van der Waals surface area contributed by atoms with Gasteiger partial charge in [-0.2, -0.15) is 10.4 Å². The lowest BCUT2D eigenvalue weighted by molar-refractivity contribution is 0.304. The molecular formula is C17H16N4O2. The minimum atomic E-state index is 0.163. The highest BCUT2D eigenvalue weighted by Gasteiger charge is 2.22. The summed E-state index contributed by atoms with van der Waals surface area (Å²) in [6.07, 6.45) is 1.40. The third kappa shape index (κ3) is 2.94. The molecule has 0 spiro atoms. The van der Waals surface area contributed by atoms with Gasteiger partial charge in [0.05, 0.1) is 6.20 Å². The topological polar surface area (TPSA) is 76.9 Å². The van der Waals surface area contributed by atoms with Gasteiger partial charge in [-0.1, -0.05) is 30.3 Å². The molecule has 0 amide bonds. The van der Waals surface area contributed by atoms with E-state index in [1.807, 2.05) is 50.2 Å². The van der Waals surface area contributed by atoms with E-state index < -0.39 is 0 Å². The molecule has 0 unspecified atom stereocenters. The molecule has 0 fully saturated rings. The highest BCUT2D eigenvalue weighted by Crippen LogP contribution is 2.33. The summed E-state index contributed by atoms with van der Waals surface area (Å²) < 4.78 is 13.2. The average Bonchev–Trinajstić information content (AvgIpc) is 3.17. The number of aryl methyl sites for hydroxylation is 2. The monoisotopic (exact) mass is 308 g/mol. The quantitative estimate of drug-likeness (QED) is 0.722. The first-order valence-electron chi connectivity index (χ1n) is 7.33. The first-order valence-corrected chi connectivity index (χ1v) is 7.33. The van der Waals surface area contributed by atoms with Crippen molar-refractivity contribution in [1.29, 1.82) is 5.26 Å². The van der Waals surface area contributed by atoms with Gasteiger partial charge in [-0.05, 0) is 19.4 Å². The number of nitrogens with zero attached hydrogens (tertiary/aromatic N) is 4. The molecule has 6 nitrogen and oxygen atoms in total. The van der Waals surface area contributed by atoms with Crippen LogP contribution in [0.3, 0.4) is 0 Å². The van der Waals surface area contributed by atoms with E-state index in [2.05, 4.69) is 10.1 Å². The summed E-state index contributed by atoms with van der Waals surface area (Å²) in [4.78, 5) is 4.16. The van der Waals surface area contributed by atoms with Crippen LogP contribution in [0.15, 0.2) is 40.9 Å². The largest absolute Gasteiger partial charge is 0.484 e. The maximum atomic E-state index is 8.91. The summed E-state index contributed by atoms with van der Waals surface area (Å²) in [5, 5.41) is 13.4. The van der Waals surface area contributed by atoms with Crippen molar-refractivity contribution < 1.29 is 9.15 Å². The van der Waals surface area contributed by atoms with Crippen molar-refractivity contribution in [3.05, 3.63) is 53.5 Å². The Morgan fingerprint density at radius 2 is 2.09 bits per heavy atom. The minimum absolute atomic E-state index is 0.163. The molecule has 2 aromatic heterocycles. The molecule has 0 radical (unpaired) electrons. The van der Waals surface area contributed by atoms with Crippen molar-refractivity contribution in [2.45, 2.75) is 27.0 Å². The van der Waals surface area contributed by atoms with Crippen molar-refractivity contribution in [2.75, 3.05) is 0 Å². The van der Waals surface area contributed by atoms with Gasteiger partial charge in [0.2, 0.25) is 11.7 Å². The van der Waals surface area contributed by atoms with Crippen LogP contribution in [0.1, 0.15) is 23.9 Å². The molecule has 0 saturated carbocycles. The Morgan fingerprint density at radius 1 is 1.30 bits per heavy atom. The summed E-state index contributed by atoms with van der Waals surface area (Å²) in [5.41, 5.74) is 2.48. The number of ether oxygens (including phenoxy) is 1. The van der Waals surface area contributed by atoms with Gasteiger partial charge in [-0.15, -0.1) is 0 Å². The number of rotatable bonds is 5. The molecule has 1 aromatic carbocycles. The maximum absolute atomic E-state index is 8.91. The molecule has 3 aromatic rings. The Hall–Kier alpha value is -3.07. The zero-order chi connectivity index (χ0) is 16.2. The van der Waals surface area contributed by atoms with Gasteiger partial charge in [0, 0.05) is 6.54 Å². The highest BCUT2D eigenvalue weighted by atomic mass is 16.5. The van der Waals surface area contributed by atoms with Gasteiger partial charge in [0.15, 0.2) is 11.4 Å². The van der Waals surface area contributed by atoms with Gasteiger partial charge in [0.25, 0.3) is 0 Å². The minimum Gasteiger partial charge on any atom is -0.484 e. The lowest BCUT2D eigenvalue weighted by Crippen LogP contribution is -2.01. The van der Waals surface area contributed by atoms with E-state index in [1.54, 1.807) is 4.68 Å². The summed E-state index contributed by atoms with van der Waals surface area (Å²) in [6, 6.07) is 11.8. The van der Waals surface area contributed by atoms with Crippen LogP contribution in [0.25, 0.3) is 11.6 Å². The number of aromatic nitrogens is 3. The Balaban J connectivity index is 1.96. The van der Waals surface area contributed by atoms with Gasteiger partial charge in [0.1, 0.15) is 18.4 Å². The zero-order valence-corrected chi connectivity index (χ0v) is 13.0. The molecule has 0 aliphatic heterocycles. The summed E-state index contributed by atoms with van der Waals surface area (Å²) in [5.74, 6) is 1.13. The fraction of sp³-hybridized carbons (Fsp3) is 0.235. The lowest BCUT2D eigenvalue weighted by Gasteiger charge is -2.07. The highest BCUT2D eigenvalue weighted by molar-refractivity contribution is 5.60. The molecular weight excluding hydrogens is 292 g/mol. The second-order valence-corrected chi connectivity index (χ2v) is 4.99. The number of hydrogen-bond donors (Lipinski definition) is 0. The Labute approximate surface area is 133 Å². The Bertz CT molecular complexity index is 843. The molecule has 6 heteroatoms. The predicted octanol–water partition coefficient (Wildman–Crippen LogP) is 3.32. The Morgan fingerprint density at radius 3 is 2.74 bits per heavy atom. The van der Waals surface area contributed by atoms with E-state index in [1.165, 1.54) is 6.20 Å². The molecule has 0 N–H and O–H groups in total. The fourth-order valence-electron chi connectivity index (χ4n) is 2.34. The molecule has 2 heterocycles. The average molecular weight is 308 g/mol. The van der Waals surface area contributed by atoms with Crippen LogP contribution in [0.5, 0.6) is 5.75 Å². The van der Waals surface area contributed by atoms with Gasteiger partial charge < -0.3 is 9.15 Å². The third-order valence-corrected chi connectivity index (χ3v) is 3.42. The molecule has 0 saturated heterocycles. The van der Waals surface area contributed by atoms with Gasteiger partial charge in [-0.3, -0.25) is 4.68 Å². The van der Waals surface area contributed by atoms with Crippen molar-refractivity contribution in [3.8, 4) is 23.4 Å². The number of benzene rings is 1. The van der Waals surface area contributed by atoms with Crippen molar-refractivity contribution in [3.63, 3.8) is 0 Å². The van der Waals surface area contributed by atoms with Crippen molar-refractivity contribution in [1.82, 2.24) is 14.8 Å². The van der Waals surface area contributed by atoms with Gasteiger partial charge >= 0.3 is 0 Å². The molecule has 116 valence electrons. The van der Waals surface area contributed by atoms with Crippen LogP contribution in [0, 0.1) is 18.3 Å². The van der Waals surface area contributed by atoms with Crippen LogP contribution in [-0.4, -0.2) is 14.8 Å². The second kappa shape index (κ2) is 6.36. The number of hydrogen-bond acceptors (Lipinski definition) is 5. The summed E-state index contributed by atoms with van der Waals surface area (Å²) in [7, 11) is 0. The molecule has 0 aliphatic rings. The van der Waals surface area contributed by atoms with E-state index in [-0.39, 0.29) is 5.76 Å². The SMILES string of the molecule is CCn1nc(C)c(OCc2ccccc2)c1-c1ncc(C#N)o1. The third-order valence-electron chi connectivity index (χ3n) is 3.42. The van der Waals surface area contributed by atoms with Gasteiger partial charge in [-0.25, -0.2) is 4.98 Å². The van der Waals surface area contributed by atoms with Crippen LogP contribution in [-0.2, 0) is 13.2 Å². The first-order chi connectivity index (χ1) is 11.2. The van der Waals surface area contributed by atoms with E-state index >= 15 is 0 Å². The zero-order valence-electron chi connectivity index (χ0n) is 13.0. The lowest BCUT2D eigenvalue weighted by atomic mass is 10.2. The van der Waals surface area contributed by atoms with Crippen LogP contribution in [0.4, 0.5) is 0 Å². The molecule has 3 rings (SSSR count). The van der Waals surface area contributed by atoms with Crippen molar-refractivity contribution >= 4 is 0 Å². The van der Waals surface area contributed by atoms with Crippen LogP contribution in [0.2, 0.25) is 0 Å². The smallest absolute Gasteiger partial charge is 0.250 e. The first kappa shape index (κ1) is 14.9. The van der Waals surface area contributed by atoms with E-state index in [9.17, 15) is 0 Å². The molecule has 23 heavy (non-hydrogen) atoms. The van der Waals surface area contributed by atoms with Crippen LogP contribution >= 0.6 is 0 Å². The predicted molar refractivity (Wildman–Crippen MR) is 83.6 cm³/mol. The Kier molecular flexibility index (Phi) is 4.11. The molecule has 0 bridgehead atoms. The van der Waals surface area contributed by atoms with Crippen molar-refractivity contribution in [2.24, 2.45) is 0 Å². The second-order valence-electron chi connectivity index (χ2n) is 4.99. The van der Waals surface area contributed by atoms with Crippen LogP contribution < -0.4 is 4.74 Å². The normalized spacial score (nSPS) is 10.5. The van der Waals surface area contributed by atoms with E-state index in [0.29, 0.717) is 30.5 Å². The molecule has 0 atom stereocenters. The number of nitriles is 1. The fourth-order valence-corrected chi connectivity index (χ4v) is 2.34. The molecule has 0 aliphatic carbocycles. The maximum Gasteiger partial charge on any atom is 0.250 e. The number of oxazole rings is 1. The van der Waals surface area contributed by atoms with E-state index in [4.69, 9.17) is 14.4 Å². The van der Waals surface area contributed by atoms with E-state index in [0.717, 1.165) is 11.3 Å². The summed E-state index contributed by atoms with van der Waals surface area (Å²) in [6.45, 7) is 4.93. The standard InChI is InChI=1S/C17H16N4O2/c1-3-21-15(17-19-10-14(9-18)23-17)16(12(2)20-21)22-11-13-7-5-4-6-8-13/h4-8,10H,3,11H2,1-2H3.